The van der Waals surface area contributed by atoms with Gasteiger partial charge in [0.1, 0.15) is 5.82 Å². The zero-order valence-electron chi connectivity index (χ0n) is 15.9. The third-order valence-corrected chi connectivity index (χ3v) is 8.28. The second-order valence-corrected chi connectivity index (χ2v) is 10.3. The first-order valence-electron chi connectivity index (χ1n) is 10.2. The van der Waals surface area contributed by atoms with Crippen molar-refractivity contribution in [2.24, 2.45) is 11.8 Å². The van der Waals surface area contributed by atoms with Crippen LogP contribution in [0.25, 0.3) is 0 Å². The van der Waals surface area contributed by atoms with Gasteiger partial charge in [-0.1, -0.05) is 6.07 Å². The lowest BCUT2D eigenvalue weighted by molar-refractivity contribution is -0.140. The van der Waals surface area contributed by atoms with Gasteiger partial charge in [-0.3, -0.25) is 4.79 Å². The molecule has 1 saturated carbocycles. The SMILES string of the molecule is O=C(C1CCN(Sc2cccc(F)c2)CC1)N1CCc2sccc2C1C1CC1. The van der Waals surface area contributed by atoms with E-state index in [-0.39, 0.29) is 11.7 Å². The number of halogens is 1. The van der Waals surface area contributed by atoms with Crippen LogP contribution in [-0.2, 0) is 11.2 Å². The zero-order valence-corrected chi connectivity index (χ0v) is 17.5. The quantitative estimate of drug-likeness (QED) is 0.645. The van der Waals surface area contributed by atoms with Crippen LogP contribution in [0.5, 0.6) is 0 Å². The van der Waals surface area contributed by atoms with E-state index in [1.807, 2.05) is 17.4 Å². The predicted octanol–water partition coefficient (Wildman–Crippen LogP) is 5.14. The number of rotatable bonds is 4. The van der Waals surface area contributed by atoms with E-state index in [0.29, 0.717) is 17.9 Å². The summed E-state index contributed by atoms with van der Waals surface area (Å²) in [7, 11) is 0. The van der Waals surface area contributed by atoms with Crippen molar-refractivity contribution >= 4 is 29.2 Å². The smallest absolute Gasteiger partial charge is 0.226 e. The number of piperidine rings is 1. The molecule has 3 aliphatic rings. The van der Waals surface area contributed by atoms with Gasteiger partial charge in [-0.25, -0.2) is 8.70 Å². The van der Waals surface area contributed by atoms with Crippen LogP contribution in [0.4, 0.5) is 4.39 Å². The van der Waals surface area contributed by atoms with Gasteiger partial charge >= 0.3 is 0 Å². The minimum Gasteiger partial charge on any atom is -0.335 e. The Kier molecular flexibility index (Phi) is 5.20. The van der Waals surface area contributed by atoms with E-state index in [2.05, 4.69) is 20.7 Å². The molecule has 148 valence electrons. The van der Waals surface area contributed by atoms with Gasteiger partial charge in [0.05, 0.1) is 6.04 Å². The highest BCUT2D eigenvalue weighted by Crippen LogP contribution is 2.49. The molecule has 0 bridgehead atoms. The fourth-order valence-corrected chi connectivity index (χ4v) is 6.52. The topological polar surface area (TPSA) is 23.6 Å². The summed E-state index contributed by atoms with van der Waals surface area (Å²) in [6.45, 7) is 2.64. The largest absolute Gasteiger partial charge is 0.335 e. The molecule has 1 unspecified atom stereocenters. The van der Waals surface area contributed by atoms with E-state index in [4.69, 9.17) is 0 Å². The summed E-state index contributed by atoms with van der Waals surface area (Å²) in [5.41, 5.74) is 1.42. The highest BCUT2D eigenvalue weighted by Gasteiger charge is 2.43. The van der Waals surface area contributed by atoms with Gasteiger partial charge in [-0.15, -0.1) is 11.3 Å². The normalized spacial score (nSPS) is 23.6. The van der Waals surface area contributed by atoms with Gasteiger partial charge in [-0.05, 0) is 85.2 Å². The summed E-state index contributed by atoms with van der Waals surface area (Å²) in [5.74, 6) is 0.968. The maximum absolute atomic E-state index is 13.4. The van der Waals surface area contributed by atoms with Crippen LogP contribution in [0.3, 0.4) is 0 Å². The molecule has 0 spiro atoms. The summed E-state index contributed by atoms with van der Waals surface area (Å²) in [6.07, 6.45) is 5.31. The molecule has 1 atom stereocenters. The second-order valence-electron chi connectivity index (χ2n) is 8.11. The van der Waals surface area contributed by atoms with Crippen molar-refractivity contribution in [3.8, 4) is 0 Å². The summed E-state index contributed by atoms with van der Waals surface area (Å²) in [6, 6.07) is 9.32. The summed E-state index contributed by atoms with van der Waals surface area (Å²) in [4.78, 5) is 18.0. The van der Waals surface area contributed by atoms with Crippen molar-refractivity contribution < 1.29 is 9.18 Å². The van der Waals surface area contributed by atoms with E-state index in [1.165, 1.54) is 29.3 Å². The standard InChI is InChI=1S/C22H25FN2OS2/c23-17-2-1-3-18(14-17)28-24-10-6-16(7-11-24)22(26)25-12-8-20-19(9-13-27-20)21(25)15-4-5-15/h1-3,9,13-16,21H,4-8,10-12H2. The highest BCUT2D eigenvalue weighted by molar-refractivity contribution is 7.97. The van der Waals surface area contributed by atoms with Crippen LogP contribution in [0.2, 0.25) is 0 Å². The molecule has 1 saturated heterocycles. The molecule has 1 aliphatic carbocycles. The van der Waals surface area contributed by atoms with Crippen molar-refractivity contribution in [1.82, 2.24) is 9.21 Å². The Balaban J connectivity index is 1.22. The van der Waals surface area contributed by atoms with E-state index in [9.17, 15) is 9.18 Å². The number of carbonyl (C=O) groups is 1. The molecule has 2 aromatic rings. The number of fused-ring (bicyclic) bond motifs is 1. The van der Waals surface area contributed by atoms with Crippen LogP contribution in [0.15, 0.2) is 40.6 Å². The Morgan fingerprint density at radius 2 is 1.93 bits per heavy atom. The van der Waals surface area contributed by atoms with Gasteiger partial charge in [0, 0.05) is 35.3 Å². The second kappa shape index (κ2) is 7.81. The predicted molar refractivity (Wildman–Crippen MR) is 112 cm³/mol. The molecular weight excluding hydrogens is 391 g/mol. The fraction of sp³-hybridized carbons (Fsp3) is 0.500. The molecule has 1 aromatic heterocycles. The Labute approximate surface area is 174 Å². The van der Waals surface area contributed by atoms with E-state index >= 15 is 0 Å². The number of amides is 1. The number of carbonyl (C=O) groups excluding carboxylic acids is 1. The maximum Gasteiger partial charge on any atom is 0.226 e. The molecule has 1 amide bonds. The summed E-state index contributed by atoms with van der Waals surface area (Å²) in [5, 5.41) is 2.19. The fourth-order valence-electron chi connectivity index (χ4n) is 4.62. The third-order valence-electron chi connectivity index (χ3n) is 6.20. The first-order valence-corrected chi connectivity index (χ1v) is 11.9. The number of hydrogen-bond acceptors (Lipinski definition) is 4. The Morgan fingerprint density at radius 3 is 2.68 bits per heavy atom. The first-order chi connectivity index (χ1) is 13.7. The van der Waals surface area contributed by atoms with Crippen LogP contribution in [0.1, 0.15) is 42.2 Å². The Bertz CT molecular complexity index is 858. The summed E-state index contributed by atoms with van der Waals surface area (Å²) >= 11 is 3.46. The molecule has 3 heterocycles. The molecule has 1 aromatic carbocycles. The van der Waals surface area contributed by atoms with Crippen molar-refractivity contribution in [2.45, 2.75) is 43.0 Å². The van der Waals surface area contributed by atoms with E-state index in [0.717, 1.165) is 43.8 Å². The van der Waals surface area contributed by atoms with Gasteiger partial charge in [0.25, 0.3) is 0 Å². The molecule has 6 heteroatoms. The number of nitrogens with zero attached hydrogens (tertiary/aromatic N) is 2. The van der Waals surface area contributed by atoms with Gasteiger partial charge < -0.3 is 4.90 Å². The first kappa shape index (κ1) is 18.6. The van der Waals surface area contributed by atoms with Crippen LogP contribution < -0.4 is 0 Å². The molecule has 0 radical (unpaired) electrons. The monoisotopic (exact) mass is 416 g/mol. The molecule has 3 nitrogen and oxygen atoms in total. The molecular formula is C22H25FN2OS2. The lowest BCUT2D eigenvalue weighted by Crippen LogP contribution is -2.46. The molecule has 28 heavy (non-hydrogen) atoms. The third kappa shape index (κ3) is 3.74. The summed E-state index contributed by atoms with van der Waals surface area (Å²) < 4.78 is 15.7. The van der Waals surface area contributed by atoms with E-state index < -0.39 is 0 Å². The van der Waals surface area contributed by atoms with Crippen molar-refractivity contribution in [3.05, 3.63) is 52.0 Å². The van der Waals surface area contributed by atoms with Gasteiger partial charge in [0.15, 0.2) is 0 Å². The molecule has 0 N–H and O–H groups in total. The molecule has 2 fully saturated rings. The van der Waals surface area contributed by atoms with Crippen LogP contribution in [0, 0.1) is 17.7 Å². The zero-order chi connectivity index (χ0) is 19.1. The maximum atomic E-state index is 13.4. The average Bonchev–Trinajstić information content (AvgIpc) is 3.43. The minimum atomic E-state index is -0.195. The lowest BCUT2D eigenvalue weighted by Gasteiger charge is -2.40. The van der Waals surface area contributed by atoms with Crippen molar-refractivity contribution in [3.63, 3.8) is 0 Å². The highest BCUT2D eigenvalue weighted by atomic mass is 32.2. The number of hydrogen-bond donors (Lipinski definition) is 0. The Morgan fingerprint density at radius 1 is 1.11 bits per heavy atom. The average molecular weight is 417 g/mol. The molecule has 5 rings (SSSR count). The Hall–Kier alpha value is -1.37. The number of thiophene rings is 1. The van der Waals surface area contributed by atoms with E-state index in [1.54, 1.807) is 24.1 Å². The number of benzene rings is 1. The van der Waals surface area contributed by atoms with Crippen LogP contribution >= 0.6 is 23.3 Å². The van der Waals surface area contributed by atoms with Crippen molar-refractivity contribution in [2.75, 3.05) is 19.6 Å². The van der Waals surface area contributed by atoms with Crippen molar-refractivity contribution in [1.29, 1.82) is 0 Å². The lowest BCUT2D eigenvalue weighted by atomic mass is 9.91. The van der Waals surface area contributed by atoms with Crippen LogP contribution in [-0.4, -0.2) is 34.7 Å². The minimum absolute atomic E-state index is 0.130. The molecule has 2 aliphatic heterocycles. The van der Waals surface area contributed by atoms with Gasteiger partial charge in [0.2, 0.25) is 5.91 Å². The van der Waals surface area contributed by atoms with Gasteiger partial charge in [-0.2, -0.15) is 0 Å².